The van der Waals surface area contributed by atoms with E-state index in [2.05, 4.69) is 6.58 Å². The van der Waals surface area contributed by atoms with Crippen LogP contribution in [0, 0.1) is 11.8 Å². The van der Waals surface area contributed by atoms with Crippen LogP contribution in [0.15, 0.2) is 73.3 Å². The number of rotatable bonds is 11. The Morgan fingerprint density at radius 2 is 1.80 bits per heavy atom. The van der Waals surface area contributed by atoms with E-state index in [9.17, 15) is 19.5 Å². The fourth-order valence-corrected chi connectivity index (χ4v) is 7.13. The van der Waals surface area contributed by atoms with Crippen molar-refractivity contribution in [2.75, 3.05) is 19.8 Å². The molecular formula is C32H38N2O6. The van der Waals surface area contributed by atoms with Crippen molar-refractivity contribution in [2.24, 2.45) is 11.8 Å². The van der Waals surface area contributed by atoms with Gasteiger partial charge in [-0.05, 0) is 44.2 Å². The summed E-state index contributed by atoms with van der Waals surface area (Å²) in [5.74, 6) is -2.79. The fraction of sp³-hybridized carbons (Fsp3) is 0.469. The first kappa shape index (κ1) is 28.1. The van der Waals surface area contributed by atoms with E-state index in [-0.39, 0.29) is 31.6 Å². The van der Waals surface area contributed by atoms with Crippen molar-refractivity contribution in [1.29, 1.82) is 0 Å². The Labute approximate surface area is 235 Å². The lowest BCUT2D eigenvalue weighted by molar-refractivity contribution is -0.161. The molecule has 2 bridgehead atoms. The number of ether oxygens (including phenoxy) is 2. The number of carbonyl (C=O) groups is 3. The lowest BCUT2D eigenvalue weighted by atomic mass is 9.66. The summed E-state index contributed by atoms with van der Waals surface area (Å²) in [7, 11) is 0. The van der Waals surface area contributed by atoms with Gasteiger partial charge in [0, 0.05) is 13.1 Å². The monoisotopic (exact) mass is 546 g/mol. The van der Waals surface area contributed by atoms with Crippen LogP contribution in [-0.4, -0.2) is 75.7 Å². The minimum Gasteiger partial charge on any atom is -0.466 e. The summed E-state index contributed by atoms with van der Waals surface area (Å²) in [6.07, 6.45) is 3.01. The van der Waals surface area contributed by atoms with Gasteiger partial charge in [-0.3, -0.25) is 14.4 Å². The van der Waals surface area contributed by atoms with E-state index in [0.717, 1.165) is 11.1 Å². The van der Waals surface area contributed by atoms with Crippen LogP contribution in [-0.2, 0) is 36.8 Å². The zero-order valence-electron chi connectivity index (χ0n) is 23.2. The highest BCUT2D eigenvalue weighted by Crippen LogP contribution is 2.63. The van der Waals surface area contributed by atoms with Crippen LogP contribution in [0.5, 0.6) is 0 Å². The first-order valence-electron chi connectivity index (χ1n) is 14.1. The standard InChI is InChI=1S/C32H38N2O6/c1-4-18-33(20-23-14-10-7-11-15-23)29(37)27-32-17-16-31(3,40-32)26(30(38)39-5-2)25(32)28(36)34(27)24(21-35)19-22-12-8-6-9-13-22/h4,6-15,24-27,35H,1,5,16-21H2,2-3H3/t24-,25+,26-,27?,31+,32?/m1/s1. The lowest BCUT2D eigenvalue weighted by Crippen LogP contribution is -2.59. The summed E-state index contributed by atoms with van der Waals surface area (Å²) in [6, 6.07) is 17.5. The molecule has 0 radical (unpaired) electrons. The van der Waals surface area contributed by atoms with Gasteiger partial charge >= 0.3 is 5.97 Å². The number of amides is 2. The molecule has 2 aromatic carbocycles. The third-order valence-electron chi connectivity index (χ3n) is 8.78. The highest BCUT2D eigenvalue weighted by molar-refractivity contribution is 5.98. The van der Waals surface area contributed by atoms with Gasteiger partial charge in [0.2, 0.25) is 11.8 Å². The maximum atomic E-state index is 14.6. The molecule has 5 rings (SSSR count). The topological polar surface area (TPSA) is 96.4 Å². The van der Waals surface area contributed by atoms with Gasteiger partial charge in [-0.25, -0.2) is 0 Å². The third kappa shape index (κ3) is 4.63. The summed E-state index contributed by atoms with van der Waals surface area (Å²) in [4.78, 5) is 45.5. The summed E-state index contributed by atoms with van der Waals surface area (Å²) in [5, 5.41) is 10.6. The molecule has 3 fully saturated rings. The molecule has 3 aliphatic heterocycles. The van der Waals surface area contributed by atoms with Crippen molar-refractivity contribution in [3.63, 3.8) is 0 Å². The molecule has 8 heteroatoms. The highest BCUT2D eigenvalue weighted by atomic mass is 16.6. The van der Waals surface area contributed by atoms with Crippen LogP contribution in [0.3, 0.4) is 0 Å². The Hall–Kier alpha value is -3.49. The molecule has 6 atom stereocenters. The number of benzene rings is 2. The van der Waals surface area contributed by atoms with Crippen molar-refractivity contribution in [3.8, 4) is 0 Å². The summed E-state index contributed by atoms with van der Waals surface area (Å²) < 4.78 is 12.1. The van der Waals surface area contributed by atoms with Gasteiger partial charge in [0.15, 0.2) is 0 Å². The SMILES string of the molecule is C=CCN(Cc1ccccc1)C(=O)C1N([C@@H](CO)Cc2ccccc2)C(=O)[C@@H]2[C@H](C(=O)OCC)[C@]3(C)CCC12O3. The second-order valence-electron chi connectivity index (χ2n) is 11.2. The van der Waals surface area contributed by atoms with Crippen molar-refractivity contribution >= 4 is 17.8 Å². The van der Waals surface area contributed by atoms with Gasteiger partial charge in [0.1, 0.15) is 17.6 Å². The average Bonchev–Trinajstić information content (AvgIpc) is 3.53. The Bertz CT molecular complexity index is 1250. The quantitative estimate of drug-likeness (QED) is 0.344. The molecule has 3 heterocycles. The van der Waals surface area contributed by atoms with Crippen LogP contribution >= 0.6 is 0 Å². The molecule has 3 aliphatic rings. The molecule has 1 spiro atoms. The average molecular weight is 547 g/mol. The van der Waals surface area contributed by atoms with Crippen LogP contribution in [0.2, 0.25) is 0 Å². The van der Waals surface area contributed by atoms with Gasteiger partial charge in [-0.1, -0.05) is 66.7 Å². The number of carbonyl (C=O) groups excluding carboxylic acids is 3. The predicted molar refractivity (Wildman–Crippen MR) is 149 cm³/mol. The van der Waals surface area contributed by atoms with Crippen LogP contribution in [0.25, 0.3) is 0 Å². The Morgan fingerprint density at radius 1 is 1.15 bits per heavy atom. The number of fused-ring (bicyclic) bond motifs is 1. The number of esters is 1. The molecule has 2 unspecified atom stereocenters. The Balaban J connectivity index is 1.59. The van der Waals surface area contributed by atoms with E-state index in [1.807, 2.05) is 67.6 Å². The summed E-state index contributed by atoms with van der Waals surface area (Å²) >= 11 is 0. The van der Waals surface area contributed by atoms with E-state index in [4.69, 9.17) is 9.47 Å². The van der Waals surface area contributed by atoms with Crippen LogP contribution < -0.4 is 0 Å². The molecule has 0 aliphatic carbocycles. The fourth-order valence-electron chi connectivity index (χ4n) is 7.13. The molecule has 0 saturated carbocycles. The molecular weight excluding hydrogens is 508 g/mol. The number of nitrogens with zero attached hydrogens (tertiary/aromatic N) is 2. The first-order valence-corrected chi connectivity index (χ1v) is 14.1. The number of hydrogen-bond acceptors (Lipinski definition) is 6. The number of likely N-dealkylation sites (tertiary alicyclic amines) is 1. The minimum atomic E-state index is -1.19. The van der Waals surface area contributed by atoms with Crippen molar-refractivity contribution in [2.45, 2.75) is 62.9 Å². The molecule has 0 aromatic heterocycles. The normalized spacial score (nSPS) is 29.2. The van der Waals surface area contributed by atoms with Gasteiger partial charge < -0.3 is 24.4 Å². The highest BCUT2D eigenvalue weighted by Gasteiger charge is 2.79. The van der Waals surface area contributed by atoms with E-state index in [1.165, 1.54) is 4.90 Å². The summed E-state index contributed by atoms with van der Waals surface area (Å²) in [6.45, 7) is 7.89. The lowest BCUT2D eigenvalue weighted by Gasteiger charge is -2.39. The van der Waals surface area contributed by atoms with Gasteiger partial charge in [-0.15, -0.1) is 6.58 Å². The molecule has 2 aromatic rings. The zero-order chi connectivity index (χ0) is 28.5. The second-order valence-corrected chi connectivity index (χ2v) is 11.2. The maximum absolute atomic E-state index is 14.6. The van der Waals surface area contributed by atoms with Gasteiger partial charge in [-0.2, -0.15) is 0 Å². The first-order chi connectivity index (χ1) is 19.3. The molecule has 8 nitrogen and oxygen atoms in total. The molecule has 2 amide bonds. The maximum Gasteiger partial charge on any atom is 0.312 e. The van der Waals surface area contributed by atoms with Gasteiger partial charge in [0.05, 0.1) is 30.8 Å². The summed E-state index contributed by atoms with van der Waals surface area (Å²) in [5.41, 5.74) is -0.228. The number of hydrogen-bond donors (Lipinski definition) is 1. The van der Waals surface area contributed by atoms with E-state index in [1.54, 1.807) is 17.9 Å². The van der Waals surface area contributed by atoms with Crippen molar-refractivity contribution in [3.05, 3.63) is 84.4 Å². The second kappa shape index (κ2) is 11.2. The van der Waals surface area contributed by atoms with Crippen molar-refractivity contribution in [1.82, 2.24) is 9.80 Å². The minimum absolute atomic E-state index is 0.183. The predicted octanol–water partition coefficient (Wildman–Crippen LogP) is 3.13. The molecule has 212 valence electrons. The Kier molecular flexibility index (Phi) is 7.84. The smallest absolute Gasteiger partial charge is 0.312 e. The number of aliphatic hydroxyl groups is 1. The number of aliphatic hydroxyl groups excluding tert-OH is 1. The van der Waals surface area contributed by atoms with E-state index >= 15 is 0 Å². The van der Waals surface area contributed by atoms with E-state index < -0.39 is 41.1 Å². The third-order valence-corrected chi connectivity index (χ3v) is 8.78. The molecule has 3 saturated heterocycles. The van der Waals surface area contributed by atoms with Gasteiger partial charge in [0.25, 0.3) is 0 Å². The largest absolute Gasteiger partial charge is 0.466 e. The Morgan fingerprint density at radius 3 is 2.40 bits per heavy atom. The van der Waals surface area contributed by atoms with Crippen LogP contribution in [0.4, 0.5) is 0 Å². The zero-order valence-corrected chi connectivity index (χ0v) is 23.2. The molecule has 40 heavy (non-hydrogen) atoms. The molecule has 1 N–H and O–H groups in total. The van der Waals surface area contributed by atoms with Crippen molar-refractivity contribution < 1.29 is 29.0 Å². The van der Waals surface area contributed by atoms with Crippen LogP contribution in [0.1, 0.15) is 37.8 Å². The van der Waals surface area contributed by atoms with E-state index in [0.29, 0.717) is 25.8 Å².